The van der Waals surface area contributed by atoms with Gasteiger partial charge in [-0.3, -0.25) is 4.79 Å². The first-order chi connectivity index (χ1) is 14.3. The van der Waals surface area contributed by atoms with Gasteiger partial charge >= 0.3 is 5.97 Å². The van der Waals surface area contributed by atoms with Crippen molar-refractivity contribution in [1.29, 1.82) is 0 Å². The average Bonchev–Trinajstić information content (AvgIpc) is 3.05. The zero-order chi connectivity index (χ0) is 21.7. The fourth-order valence-corrected chi connectivity index (χ4v) is 2.64. The zero-order valence-corrected chi connectivity index (χ0v) is 16.7. The molecule has 1 N–H and O–H groups in total. The van der Waals surface area contributed by atoms with Crippen molar-refractivity contribution in [2.24, 2.45) is 0 Å². The molecule has 1 amide bonds. The number of carbonyl (C=O) groups is 2. The SMILES string of the molecule is Cc1cc(C)nc(-n2nc(C)cc2NC(=O)COC(=O)/C=C/c2ccc(F)cc2)n1. The maximum Gasteiger partial charge on any atom is 0.331 e. The monoisotopic (exact) mass is 409 g/mol. The van der Waals surface area contributed by atoms with Crippen molar-refractivity contribution in [2.75, 3.05) is 11.9 Å². The Bertz CT molecular complexity index is 1090. The number of halogens is 1. The first-order valence-corrected chi connectivity index (χ1v) is 9.10. The molecule has 2 heterocycles. The van der Waals surface area contributed by atoms with Crippen LogP contribution < -0.4 is 5.32 Å². The Kier molecular flexibility index (Phi) is 6.31. The van der Waals surface area contributed by atoms with Crippen LogP contribution in [-0.2, 0) is 14.3 Å². The summed E-state index contributed by atoms with van der Waals surface area (Å²) in [5.74, 6) is -0.913. The van der Waals surface area contributed by atoms with Gasteiger partial charge in [0.05, 0.1) is 5.69 Å². The Balaban J connectivity index is 1.61. The molecule has 0 radical (unpaired) electrons. The molecule has 30 heavy (non-hydrogen) atoms. The van der Waals surface area contributed by atoms with Gasteiger partial charge in [-0.05, 0) is 50.6 Å². The Morgan fingerprint density at radius 2 is 1.73 bits per heavy atom. The Morgan fingerprint density at radius 3 is 2.40 bits per heavy atom. The fraction of sp³-hybridized carbons (Fsp3) is 0.190. The molecule has 0 saturated heterocycles. The smallest absolute Gasteiger partial charge is 0.331 e. The van der Waals surface area contributed by atoms with Crippen molar-refractivity contribution in [3.05, 3.63) is 70.9 Å². The Labute approximate surface area is 172 Å². The van der Waals surface area contributed by atoms with E-state index in [1.165, 1.54) is 35.0 Å². The van der Waals surface area contributed by atoms with Gasteiger partial charge in [0.25, 0.3) is 11.9 Å². The van der Waals surface area contributed by atoms with Gasteiger partial charge in [-0.1, -0.05) is 12.1 Å². The third kappa shape index (κ3) is 5.57. The van der Waals surface area contributed by atoms with Crippen molar-refractivity contribution in [3.8, 4) is 5.95 Å². The molecular formula is C21H20FN5O3. The van der Waals surface area contributed by atoms with E-state index in [1.54, 1.807) is 13.0 Å². The number of anilines is 1. The van der Waals surface area contributed by atoms with Gasteiger partial charge in [0.2, 0.25) is 0 Å². The number of amides is 1. The van der Waals surface area contributed by atoms with Gasteiger partial charge in [-0.15, -0.1) is 0 Å². The fourth-order valence-electron chi connectivity index (χ4n) is 2.64. The van der Waals surface area contributed by atoms with Crippen LogP contribution in [0.15, 0.2) is 42.5 Å². The summed E-state index contributed by atoms with van der Waals surface area (Å²) in [4.78, 5) is 32.7. The summed E-state index contributed by atoms with van der Waals surface area (Å²) < 4.78 is 19.2. The number of carbonyl (C=O) groups excluding carboxylic acids is 2. The molecule has 0 atom stereocenters. The van der Waals surface area contributed by atoms with Gasteiger partial charge in [-0.25, -0.2) is 19.2 Å². The lowest BCUT2D eigenvalue weighted by atomic mass is 10.2. The van der Waals surface area contributed by atoms with Crippen molar-refractivity contribution in [2.45, 2.75) is 20.8 Å². The number of ether oxygens (including phenoxy) is 1. The molecule has 0 bridgehead atoms. The van der Waals surface area contributed by atoms with Crippen LogP contribution >= 0.6 is 0 Å². The summed E-state index contributed by atoms with van der Waals surface area (Å²) in [6.07, 6.45) is 2.63. The molecule has 154 valence electrons. The highest BCUT2D eigenvalue weighted by atomic mass is 19.1. The number of hydrogen-bond acceptors (Lipinski definition) is 6. The lowest BCUT2D eigenvalue weighted by molar-refractivity contribution is -0.142. The van der Waals surface area contributed by atoms with Crippen molar-refractivity contribution >= 4 is 23.8 Å². The summed E-state index contributed by atoms with van der Waals surface area (Å²) in [6, 6.07) is 9.09. The second-order valence-electron chi connectivity index (χ2n) is 6.57. The van der Waals surface area contributed by atoms with Gasteiger partial charge in [0, 0.05) is 23.5 Å². The molecule has 0 unspecified atom stereocenters. The lowest BCUT2D eigenvalue weighted by Gasteiger charge is -2.09. The molecule has 0 saturated carbocycles. The van der Waals surface area contributed by atoms with Crippen LogP contribution in [0.3, 0.4) is 0 Å². The summed E-state index contributed by atoms with van der Waals surface area (Å²) in [5, 5.41) is 6.95. The minimum absolute atomic E-state index is 0.329. The summed E-state index contributed by atoms with van der Waals surface area (Å²) >= 11 is 0. The third-order valence-corrected chi connectivity index (χ3v) is 3.89. The highest BCUT2D eigenvalue weighted by Gasteiger charge is 2.14. The molecule has 0 aliphatic carbocycles. The maximum absolute atomic E-state index is 12.9. The van der Waals surface area contributed by atoms with Crippen LogP contribution in [0, 0.1) is 26.6 Å². The van der Waals surface area contributed by atoms with Crippen molar-refractivity contribution < 1.29 is 18.7 Å². The van der Waals surface area contributed by atoms with E-state index in [0.29, 0.717) is 23.0 Å². The average molecular weight is 409 g/mol. The van der Waals surface area contributed by atoms with E-state index >= 15 is 0 Å². The Hall–Kier alpha value is -3.88. The molecule has 8 nitrogen and oxygen atoms in total. The maximum atomic E-state index is 12.9. The van der Waals surface area contributed by atoms with Gasteiger partial charge in [0.1, 0.15) is 11.6 Å². The van der Waals surface area contributed by atoms with Crippen LogP contribution in [0.25, 0.3) is 12.0 Å². The van der Waals surface area contributed by atoms with E-state index in [-0.39, 0.29) is 5.82 Å². The van der Waals surface area contributed by atoms with E-state index in [2.05, 4.69) is 20.4 Å². The first kappa shape index (κ1) is 20.8. The van der Waals surface area contributed by atoms with E-state index < -0.39 is 18.5 Å². The summed E-state index contributed by atoms with van der Waals surface area (Å²) in [7, 11) is 0. The topological polar surface area (TPSA) is 99.0 Å². The van der Waals surface area contributed by atoms with E-state index in [0.717, 1.165) is 17.5 Å². The normalized spacial score (nSPS) is 10.9. The number of benzene rings is 1. The quantitative estimate of drug-likeness (QED) is 0.496. The number of hydrogen-bond donors (Lipinski definition) is 1. The van der Waals surface area contributed by atoms with Crippen LogP contribution in [0.1, 0.15) is 22.6 Å². The minimum Gasteiger partial charge on any atom is -0.452 e. The highest BCUT2D eigenvalue weighted by molar-refractivity contribution is 5.94. The predicted octanol–water partition coefficient (Wildman–Crippen LogP) is 2.92. The number of aryl methyl sites for hydroxylation is 3. The number of nitrogens with one attached hydrogen (secondary N) is 1. The molecule has 1 aromatic carbocycles. The molecule has 0 aliphatic heterocycles. The molecule has 0 spiro atoms. The number of rotatable bonds is 6. The predicted molar refractivity (Wildman–Crippen MR) is 108 cm³/mol. The van der Waals surface area contributed by atoms with Gasteiger partial charge in [-0.2, -0.15) is 9.78 Å². The molecule has 0 fully saturated rings. The molecule has 9 heteroatoms. The van der Waals surface area contributed by atoms with E-state index in [4.69, 9.17) is 4.74 Å². The summed E-state index contributed by atoms with van der Waals surface area (Å²) in [6.45, 7) is 4.97. The number of nitrogens with zero attached hydrogens (tertiary/aromatic N) is 4. The van der Waals surface area contributed by atoms with Crippen LogP contribution in [0.4, 0.5) is 10.2 Å². The van der Waals surface area contributed by atoms with Crippen molar-refractivity contribution in [3.63, 3.8) is 0 Å². The van der Waals surface area contributed by atoms with Crippen molar-refractivity contribution in [1.82, 2.24) is 19.7 Å². The Morgan fingerprint density at radius 1 is 1.07 bits per heavy atom. The molecule has 3 rings (SSSR count). The minimum atomic E-state index is -0.697. The summed E-state index contributed by atoms with van der Waals surface area (Å²) in [5.41, 5.74) is 2.83. The highest BCUT2D eigenvalue weighted by Crippen LogP contribution is 2.15. The van der Waals surface area contributed by atoms with Crippen LogP contribution in [0.5, 0.6) is 0 Å². The van der Waals surface area contributed by atoms with Crippen LogP contribution in [0.2, 0.25) is 0 Å². The number of esters is 1. The van der Waals surface area contributed by atoms with Gasteiger partial charge in [0.15, 0.2) is 6.61 Å². The second-order valence-corrected chi connectivity index (χ2v) is 6.57. The van der Waals surface area contributed by atoms with Gasteiger partial charge < -0.3 is 10.1 Å². The van der Waals surface area contributed by atoms with E-state index in [1.807, 2.05) is 19.9 Å². The first-order valence-electron chi connectivity index (χ1n) is 9.10. The zero-order valence-electron chi connectivity index (χ0n) is 16.7. The number of aromatic nitrogens is 4. The molecule has 3 aromatic rings. The lowest BCUT2D eigenvalue weighted by Crippen LogP contribution is -2.22. The molecule has 2 aromatic heterocycles. The second kappa shape index (κ2) is 9.08. The third-order valence-electron chi connectivity index (χ3n) is 3.89. The largest absolute Gasteiger partial charge is 0.452 e. The molecule has 0 aliphatic rings. The standard InChI is InChI=1S/C21H20FN5O3/c1-13-10-14(2)24-21(23-13)27-18(11-15(3)26-27)25-19(28)12-30-20(29)9-6-16-4-7-17(22)8-5-16/h4-11H,12H2,1-3H3,(H,25,28)/b9-6+. The molecular weight excluding hydrogens is 389 g/mol. The van der Waals surface area contributed by atoms with Crippen LogP contribution in [-0.4, -0.2) is 38.2 Å². The van der Waals surface area contributed by atoms with E-state index in [9.17, 15) is 14.0 Å².